The topological polar surface area (TPSA) is 109 Å². The number of pyridine rings is 1. The number of imidazole rings is 1. The Kier molecular flexibility index (Phi) is 3.62. The van der Waals surface area contributed by atoms with Crippen LogP contribution in [0.15, 0.2) is 36.7 Å². The first kappa shape index (κ1) is 15.8. The minimum absolute atomic E-state index is 0.107. The highest BCUT2D eigenvalue weighted by molar-refractivity contribution is 5.82. The Bertz CT molecular complexity index is 1170. The number of hydrogen-bond donors (Lipinski definition) is 2. The third-order valence-electron chi connectivity index (χ3n) is 4.11. The minimum Gasteiger partial charge on any atom is -0.383 e. The molecule has 8 heteroatoms. The fourth-order valence-corrected chi connectivity index (χ4v) is 2.81. The fourth-order valence-electron chi connectivity index (χ4n) is 2.81. The predicted octanol–water partition coefficient (Wildman–Crippen LogP) is 3.10. The Morgan fingerprint density at radius 1 is 1.31 bits per heavy atom. The van der Waals surface area contributed by atoms with E-state index in [0.29, 0.717) is 34.7 Å². The second-order valence-electron chi connectivity index (χ2n) is 5.76. The SMILES string of the molecule is CCn1cc(-c2cc(-c3nc4ccc(F)cc4[nH]3)nc(N)c2C#N)cn1. The molecule has 0 aliphatic heterocycles. The van der Waals surface area contributed by atoms with Crippen molar-refractivity contribution in [1.29, 1.82) is 5.26 Å². The summed E-state index contributed by atoms with van der Waals surface area (Å²) in [5.41, 5.74) is 9.32. The largest absolute Gasteiger partial charge is 0.383 e. The van der Waals surface area contributed by atoms with E-state index in [1.807, 2.05) is 13.1 Å². The third kappa shape index (κ3) is 2.56. The maximum absolute atomic E-state index is 13.4. The summed E-state index contributed by atoms with van der Waals surface area (Å²) in [4.78, 5) is 11.8. The molecule has 0 spiro atoms. The van der Waals surface area contributed by atoms with Gasteiger partial charge in [-0.1, -0.05) is 0 Å². The first-order valence-electron chi connectivity index (χ1n) is 7.98. The van der Waals surface area contributed by atoms with Crippen molar-refractivity contribution in [1.82, 2.24) is 24.7 Å². The number of aromatic amines is 1. The molecule has 0 aliphatic carbocycles. The van der Waals surface area contributed by atoms with Crippen LogP contribution in [0.3, 0.4) is 0 Å². The van der Waals surface area contributed by atoms with Gasteiger partial charge in [0.1, 0.15) is 29.0 Å². The first-order chi connectivity index (χ1) is 12.6. The summed E-state index contributed by atoms with van der Waals surface area (Å²) >= 11 is 0. The van der Waals surface area contributed by atoms with Gasteiger partial charge in [0.2, 0.25) is 0 Å². The molecule has 3 N–H and O–H groups in total. The Morgan fingerprint density at radius 2 is 2.15 bits per heavy atom. The number of halogens is 1. The number of aryl methyl sites for hydroxylation is 1. The van der Waals surface area contributed by atoms with Crippen LogP contribution in [-0.4, -0.2) is 24.7 Å². The van der Waals surface area contributed by atoms with E-state index < -0.39 is 0 Å². The number of anilines is 1. The number of benzene rings is 1. The van der Waals surface area contributed by atoms with Gasteiger partial charge in [-0.25, -0.2) is 14.4 Å². The van der Waals surface area contributed by atoms with E-state index in [-0.39, 0.29) is 17.2 Å². The number of nitrogen functional groups attached to an aromatic ring is 1. The molecule has 3 heterocycles. The zero-order valence-corrected chi connectivity index (χ0v) is 13.9. The van der Waals surface area contributed by atoms with E-state index in [4.69, 9.17) is 5.73 Å². The van der Waals surface area contributed by atoms with E-state index in [0.717, 1.165) is 5.56 Å². The Labute approximate surface area is 147 Å². The van der Waals surface area contributed by atoms with Gasteiger partial charge in [-0.3, -0.25) is 4.68 Å². The number of nitrogens with two attached hydrogens (primary N) is 1. The summed E-state index contributed by atoms with van der Waals surface area (Å²) < 4.78 is 15.2. The molecule has 4 rings (SSSR count). The zero-order valence-electron chi connectivity index (χ0n) is 13.9. The van der Waals surface area contributed by atoms with Crippen LogP contribution in [0, 0.1) is 17.1 Å². The highest BCUT2D eigenvalue weighted by Crippen LogP contribution is 2.30. The molecule has 0 unspecified atom stereocenters. The smallest absolute Gasteiger partial charge is 0.157 e. The van der Waals surface area contributed by atoms with E-state index in [1.165, 1.54) is 12.1 Å². The average Bonchev–Trinajstić information content (AvgIpc) is 3.27. The number of H-pyrrole nitrogens is 1. The third-order valence-corrected chi connectivity index (χ3v) is 4.11. The van der Waals surface area contributed by atoms with Crippen molar-refractivity contribution >= 4 is 16.9 Å². The molecule has 128 valence electrons. The molecular weight excluding hydrogens is 333 g/mol. The second kappa shape index (κ2) is 5.97. The number of nitriles is 1. The van der Waals surface area contributed by atoms with Crippen molar-refractivity contribution in [2.24, 2.45) is 0 Å². The Hall–Kier alpha value is -3.73. The van der Waals surface area contributed by atoms with Crippen molar-refractivity contribution in [3.8, 4) is 28.7 Å². The lowest BCUT2D eigenvalue weighted by Gasteiger charge is -2.07. The molecule has 0 radical (unpaired) electrons. The van der Waals surface area contributed by atoms with Gasteiger partial charge in [-0.05, 0) is 31.2 Å². The summed E-state index contributed by atoms with van der Waals surface area (Å²) in [7, 11) is 0. The highest BCUT2D eigenvalue weighted by Gasteiger charge is 2.16. The summed E-state index contributed by atoms with van der Waals surface area (Å²) in [5.74, 6) is 0.203. The molecule has 0 saturated carbocycles. The van der Waals surface area contributed by atoms with E-state index in [1.54, 1.807) is 23.0 Å². The van der Waals surface area contributed by atoms with Crippen LogP contribution in [0.5, 0.6) is 0 Å². The molecule has 7 nitrogen and oxygen atoms in total. The number of fused-ring (bicyclic) bond motifs is 1. The van der Waals surface area contributed by atoms with Gasteiger partial charge in [-0.15, -0.1) is 0 Å². The predicted molar refractivity (Wildman–Crippen MR) is 95.3 cm³/mol. The summed E-state index contributed by atoms with van der Waals surface area (Å²) in [6.07, 6.45) is 3.52. The molecule has 26 heavy (non-hydrogen) atoms. The van der Waals surface area contributed by atoms with Gasteiger partial charge in [0.05, 0.1) is 17.2 Å². The molecule has 0 bridgehead atoms. The molecular formula is C18H14FN7. The zero-order chi connectivity index (χ0) is 18.3. The van der Waals surface area contributed by atoms with Crippen LogP contribution in [0.2, 0.25) is 0 Å². The Morgan fingerprint density at radius 3 is 2.88 bits per heavy atom. The Balaban J connectivity index is 1.90. The standard InChI is InChI=1S/C18H14FN7/c1-2-26-9-10(8-22-26)12-6-16(23-17(21)13(12)7-20)18-24-14-4-3-11(19)5-15(14)25-18/h3-6,8-9H,2H2,1H3,(H2,21,23)(H,24,25). The lowest BCUT2D eigenvalue weighted by Crippen LogP contribution is -2.00. The summed E-state index contributed by atoms with van der Waals surface area (Å²) in [6.45, 7) is 2.69. The van der Waals surface area contributed by atoms with Gasteiger partial charge < -0.3 is 10.7 Å². The van der Waals surface area contributed by atoms with Crippen molar-refractivity contribution in [3.63, 3.8) is 0 Å². The van der Waals surface area contributed by atoms with E-state index in [2.05, 4.69) is 26.1 Å². The quantitative estimate of drug-likeness (QED) is 0.592. The summed E-state index contributed by atoms with van der Waals surface area (Å²) in [5, 5.41) is 13.7. The second-order valence-corrected chi connectivity index (χ2v) is 5.76. The van der Waals surface area contributed by atoms with Crippen LogP contribution in [0.4, 0.5) is 10.2 Å². The number of nitrogens with zero attached hydrogens (tertiary/aromatic N) is 5. The van der Waals surface area contributed by atoms with Crippen molar-refractivity contribution in [3.05, 3.63) is 48.0 Å². The molecule has 3 aromatic heterocycles. The van der Waals surface area contributed by atoms with Crippen LogP contribution >= 0.6 is 0 Å². The summed E-state index contributed by atoms with van der Waals surface area (Å²) in [6, 6.07) is 8.13. The average molecular weight is 347 g/mol. The molecule has 1 aromatic carbocycles. The van der Waals surface area contributed by atoms with Crippen molar-refractivity contribution in [2.75, 3.05) is 5.73 Å². The number of hydrogen-bond acceptors (Lipinski definition) is 5. The number of aromatic nitrogens is 5. The van der Waals surface area contributed by atoms with Gasteiger partial charge in [0, 0.05) is 23.9 Å². The van der Waals surface area contributed by atoms with Crippen molar-refractivity contribution in [2.45, 2.75) is 13.5 Å². The number of rotatable bonds is 3. The highest BCUT2D eigenvalue weighted by atomic mass is 19.1. The van der Waals surface area contributed by atoms with Crippen LogP contribution < -0.4 is 5.73 Å². The van der Waals surface area contributed by atoms with Gasteiger partial charge >= 0.3 is 0 Å². The molecule has 0 fully saturated rings. The van der Waals surface area contributed by atoms with Crippen LogP contribution in [-0.2, 0) is 6.54 Å². The molecule has 4 aromatic rings. The van der Waals surface area contributed by atoms with Gasteiger partial charge in [0.25, 0.3) is 0 Å². The molecule has 0 atom stereocenters. The monoisotopic (exact) mass is 347 g/mol. The maximum atomic E-state index is 13.4. The van der Waals surface area contributed by atoms with Gasteiger partial charge in [-0.2, -0.15) is 10.4 Å². The van der Waals surface area contributed by atoms with E-state index >= 15 is 0 Å². The molecule has 0 saturated heterocycles. The molecule has 0 amide bonds. The van der Waals surface area contributed by atoms with Crippen LogP contribution in [0.1, 0.15) is 12.5 Å². The lowest BCUT2D eigenvalue weighted by molar-refractivity contribution is 0.629. The van der Waals surface area contributed by atoms with Gasteiger partial charge in [0.15, 0.2) is 5.82 Å². The minimum atomic E-state index is -0.354. The van der Waals surface area contributed by atoms with Crippen LogP contribution in [0.25, 0.3) is 33.7 Å². The number of nitrogens with one attached hydrogen (secondary N) is 1. The molecule has 0 aliphatic rings. The maximum Gasteiger partial charge on any atom is 0.157 e. The van der Waals surface area contributed by atoms with E-state index in [9.17, 15) is 9.65 Å². The normalized spacial score (nSPS) is 11.0. The first-order valence-corrected chi connectivity index (χ1v) is 7.98. The lowest BCUT2D eigenvalue weighted by atomic mass is 10.0. The fraction of sp³-hybridized carbons (Fsp3) is 0.111. The van der Waals surface area contributed by atoms with Crippen molar-refractivity contribution < 1.29 is 4.39 Å².